The van der Waals surface area contributed by atoms with Crippen molar-refractivity contribution in [3.05, 3.63) is 39.7 Å². The number of ether oxygens (including phenoxy) is 1. The highest BCUT2D eigenvalue weighted by atomic mass is 32.1. The van der Waals surface area contributed by atoms with E-state index >= 15 is 0 Å². The molecule has 3 aromatic rings. The number of nitrogens with zero attached hydrogens (tertiary/aromatic N) is 3. The zero-order valence-corrected chi connectivity index (χ0v) is 15.4. The summed E-state index contributed by atoms with van der Waals surface area (Å²) in [6, 6.07) is 6.10. The Balaban J connectivity index is 1.53. The Hall–Kier alpha value is -2.32. The third kappa shape index (κ3) is 3.14. The average molecular weight is 372 g/mol. The van der Waals surface area contributed by atoms with Crippen LogP contribution < -0.4 is 10.1 Å². The Morgan fingerprint density at radius 3 is 3.16 bits per heavy atom. The molecule has 2 aromatic heterocycles. The van der Waals surface area contributed by atoms with Gasteiger partial charge < -0.3 is 4.74 Å². The SMILES string of the molecule is CCc1nnsc1C(=O)Nc1nc(-c2ccc3c(c2)C[C@@H](C)O3)cs1. The average Bonchev–Trinajstić information content (AvgIpc) is 3.31. The smallest absolute Gasteiger partial charge is 0.271 e. The molecule has 0 saturated carbocycles. The van der Waals surface area contributed by atoms with Crippen LogP contribution in [0.25, 0.3) is 11.3 Å². The maximum Gasteiger partial charge on any atom is 0.271 e. The molecule has 0 spiro atoms. The van der Waals surface area contributed by atoms with Crippen LogP contribution in [-0.2, 0) is 12.8 Å². The molecular formula is C17H16N4O2S2. The quantitative estimate of drug-likeness (QED) is 0.754. The summed E-state index contributed by atoms with van der Waals surface area (Å²) in [5.74, 6) is 0.744. The van der Waals surface area contributed by atoms with Gasteiger partial charge in [0, 0.05) is 17.4 Å². The first-order valence-electron chi connectivity index (χ1n) is 8.02. The number of aromatic nitrogens is 3. The van der Waals surface area contributed by atoms with Crippen LogP contribution in [0, 0.1) is 0 Å². The summed E-state index contributed by atoms with van der Waals surface area (Å²) < 4.78 is 9.58. The second kappa shape index (κ2) is 6.53. The summed E-state index contributed by atoms with van der Waals surface area (Å²) >= 11 is 2.51. The van der Waals surface area contributed by atoms with Gasteiger partial charge in [0.15, 0.2) is 5.13 Å². The highest BCUT2D eigenvalue weighted by Gasteiger charge is 2.20. The number of anilines is 1. The van der Waals surface area contributed by atoms with E-state index < -0.39 is 0 Å². The van der Waals surface area contributed by atoms with Gasteiger partial charge in [0.2, 0.25) is 0 Å². The highest BCUT2D eigenvalue weighted by molar-refractivity contribution is 7.14. The van der Waals surface area contributed by atoms with Gasteiger partial charge in [-0.15, -0.1) is 16.4 Å². The number of carbonyl (C=O) groups is 1. The van der Waals surface area contributed by atoms with Gasteiger partial charge in [0.1, 0.15) is 16.7 Å². The van der Waals surface area contributed by atoms with Crippen LogP contribution in [0.4, 0.5) is 5.13 Å². The lowest BCUT2D eigenvalue weighted by molar-refractivity contribution is 0.102. The third-order valence-electron chi connectivity index (χ3n) is 4.01. The number of thiazole rings is 1. The number of nitrogens with one attached hydrogen (secondary N) is 1. The van der Waals surface area contributed by atoms with Gasteiger partial charge in [-0.1, -0.05) is 11.4 Å². The number of aryl methyl sites for hydroxylation is 1. The van der Waals surface area contributed by atoms with E-state index in [0.717, 1.165) is 35.0 Å². The minimum absolute atomic E-state index is 0.205. The van der Waals surface area contributed by atoms with Crippen LogP contribution in [0.3, 0.4) is 0 Å². The fraction of sp³-hybridized carbons (Fsp3) is 0.294. The van der Waals surface area contributed by atoms with E-state index in [1.54, 1.807) is 0 Å². The molecule has 0 aliphatic carbocycles. The van der Waals surface area contributed by atoms with Gasteiger partial charge in [-0.25, -0.2) is 4.98 Å². The molecule has 0 unspecified atom stereocenters. The number of benzene rings is 1. The molecule has 0 bridgehead atoms. The van der Waals surface area contributed by atoms with Crippen molar-refractivity contribution in [3.63, 3.8) is 0 Å². The van der Waals surface area contributed by atoms with E-state index in [0.29, 0.717) is 22.1 Å². The molecule has 25 heavy (non-hydrogen) atoms. The van der Waals surface area contributed by atoms with Crippen LogP contribution in [0.1, 0.15) is 34.8 Å². The van der Waals surface area contributed by atoms with E-state index in [4.69, 9.17) is 4.74 Å². The van der Waals surface area contributed by atoms with Crippen LogP contribution in [0.2, 0.25) is 0 Å². The van der Waals surface area contributed by atoms with Gasteiger partial charge in [0.25, 0.3) is 5.91 Å². The summed E-state index contributed by atoms with van der Waals surface area (Å²) in [6.07, 6.45) is 1.81. The summed E-state index contributed by atoms with van der Waals surface area (Å²) in [6.45, 7) is 4.02. The molecule has 8 heteroatoms. The van der Waals surface area contributed by atoms with Crippen molar-refractivity contribution < 1.29 is 9.53 Å². The summed E-state index contributed by atoms with van der Waals surface area (Å²) in [5, 5.41) is 9.33. The number of rotatable bonds is 4. The minimum atomic E-state index is -0.205. The maximum absolute atomic E-state index is 12.4. The van der Waals surface area contributed by atoms with Crippen molar-refractivity contribution in [1.29, 1.82) is 0 Å². The molecule has 1 amide bonds. The van der Waals surface area contributed by atoms with E-state index in [1.807, 2.05) is 24.4 Å². The first-order chi connectivity index (χ1) is 12.1. The molecule has 1 aliphatic rings. The molecule has 1 aliphatic heterocycles. The van der Waals surface area contributed by atoms with Crippen molar-refractivity contribution >= 4 is 33.9 Å². The molecule has 0 radical (unpaired) electrons. The van der Waals surface area contributed by atoms with Crippen LogP contribution in [0.15, 0.2) is 23.6 Å². The number of hydrogen-bond acceptors (Lipinski definition) is 7. The third-order valence-corrected chi connectivity index (χ3v) is 5.54. The Morgan fingerprint density at radius 2 is 2.32 bits per heavy atom. The van der Waals surface area contributed by atoms with Gasteiger partial charge in [0.05, 0.1) is 11.4 Å². The van der Waals surface area contributed by atoms with Crippen molar-refractivity contribution in [2.75, 3.05) is 5.32 Å². The van der Waals surface area contributed by atoms with Crippen LogP contribution in [0.5, 0.6) is 5.75 Å². The Morgan fingerprint density at radius 1 is 1.44 bits per heavy atom. The number of hydrogen-bond donors (Lipinski definition) is 1. The van der Waals surface area contributed by atoms with Crippen molar-refractivity contribution in [1.82, 2.24) is 14.6 Å². The summed E-state index contributed by atoms with van der Waals surface area (Å²) in [5.41, 5.74) is 3.79. The number of fused-ring (bicyclic) bond motifs is 1. The zero-order chi connectivity index (χ0) is 17.4. The largest absolute Gasteiger partial charge is 0.490 e. The van der Waals surface area contributed by atoms with Gasteiger partial charge in [-0.05, 0) is 48.6 Å². The normalized spacial score (nSPS) is 15.7. The second-order valence-electron chi connectivity index (χ2n) is 5.85. The molecule has 0 fully saturated rings. The molecule has 1 N–H and O–H groups in total. The van der Waals surface area contributed by atoms with Crippen molar-refractivity contribution in [2.24, 2.45) is 0 Å². The molecule has 6 nitrogen and oxygen atoms in total. The Bertz CT molecular complexity index is 934. The first-order valence-corrected chi connectivity index (χ1v) is 9.67. The molecule has 128 valence electrons. The van der Waals surface area contributed by atoms with Gasteiger partial charge in [-0.2, -0.15) is 0 Å². The predicted octanol–water partition coefficient (Wildman–Crippen LogP) is 3.80. The fourth-order valence-corrected chi connectivity index (χ4v) is 4.17. The highest BCUT2D eigenvalue weighted by Crippen LogP contribution is 2.34. The predicted molar refractivity (Wildman–Crippen MR) is 98.6 cm³/mol. The molecule has 0 saturated heterocycles. The monoisotopic (exact) mass is 372 g/mol. The lowest BCUT2D eigenvalue weighted by Gasteiger charge is -2.03. The Labute approximate surface area is 153 Å². The molecule has 4 rings (SSSR count). The van der Waals surface area contributed by atoms with Crippen molar-refractivity contribution in [2.45, 2.75) is 32.8 Å². The fourth-order valence-electron chi connectivity index (χ4n) is 2.81. The first kappa shape index (κ1) is 16.2. The molecule has 3 heterocycles. The molecular weight excluding hydrogens is 356 g/mol. The summed E-state index contributed by atoms with van der Waals surface area (Å²) in [7, 11) is 0. The molecule has 1 atom stereocenters. The lowest BCUT2D eigenvalue weighted by Crippen LogP contribution is -2.12. The standard InChI is InChI=1S/C17H16N4O2S2/c1-3-12-15(25-21-20-12)16(22)19-17-18-13(8-24-17)10-4-5-14-11(7-10)6-9(2)23-14/h4-5,7-9H,3,6H2,1-2H3,(H,18,19,22)/t9-/m1/s1. The molecule has 1 aromatic carbocycles. The van der Waals surface area contributed by atoms with Crippen molar-refractivity contribution in [3.8, 4) is 17.0 Å². The van der Waals surface area contributed by atoms with E-state index in [9.17, 15) is 4.79 Å². The van der Waals surface area contributed by atoms with Gasteiger partial charge >= 0.3 is 0 Å². The van der Waals surface area contributed by atoms with Gasteiger partial charge in [-0.3, -0.25) is 10.1 Å². The summed E-state index contributed by atoms with van der Waals surface area (Å²) in [4.78, 5) is 17.4. The second-order valence-corrected chi connectivity index (χ2v) is 7.46. The number of carbonyl (C=O) groups excluding carboxylic acids is 1. The topological polar surface area (TPSA) is 77.0 Å². The van der Waals surface area contributed by atoms with E-state index in [1.165, 1.54) is 16.9 Å². The lowest BCUT2D eigenvalue weighted by atomic mass is 10.1. The van der Waals surface area contributed by atoms with E-state index in [-0.39, 0.29) is 12.0 Å². The van der Waals surface area contributed by atoms with Crippen LogP contribution in [-0.4, -0.2) is 26.6 Å². The maximum atomic E-state index is 12.4. The minimum Gasteiger partial charge on any atom is -0.490 e. The Kier molecular flexibility index (Phi) is 4.22. The zero-order valence-electron chi connectivity index (χ0n) is 13.8. The van der Waals surface area contributed by atoms with E-state index in [2.05, 4.69) is 32.9 Å². The number of amides is 1. The van der Waals surface area contributed by atoms with Crippen LogP contribution >= 0.6 is 22.9 Å².